The van der Waals surface area contributed by atoms with Crippen LogP contribution in [0.2, 0.25) is 0 Å². The van der Waals surface area contributed by atoms with Crippen molar-refractivity contribution < 1.29 is 22.1 Å². The van der Waals surface area contributed by atoms with Crippen molar-refractivity contribution in [3.8, 4) is 0 Å². The lowest BCUT2D eigenvalue weighted by Crippen LogP contribution is -2.13. The van der Waals surface area contributed by atoms with Gasteiger partial charge in [-0.2, -0.15) is 8.42 Å². The first-order valence-corrected chi connectivity index (χ1v) is 7.07. The van der Waals surface area contributed by atoms with Gasteiger partial charge in [0, 0.05) is 0 Å². The molecule has 6 heteroatoms. The molecule has 0 spiro atoms. The molecule has 1 N–H and O–H groups in total. The average Bonchev–Trinajstić information content (AvgIpc) is 2.90. The first-order chi connectivity index (χ1) is 8.99. The van der Waals surface area contributed by atoms with Crippen LogP contribution in [0.1, 0.15) is 17.4 Å². The highest BCUT2D eigenvalue weighted by molar-refractivity contribution is 7.86. The van der Waals surface area contributed by atoms with Crippen LogP contribution in [0.15, 0.2) is 52.0 Å². The summed E-state index contributed by atoms with van der Waals surface area (Å²) in [6.45, 7) is 1.47. The highest BCUT2D eigenvalue weighted by Gasteiger charge is 2.19. The van der Waals surface area contributed by atoms with Crippen molar-refractivity contribution in [2.75, 3.05) is 6.61 Å². The topological polar surface area (TPSA) is 76.7 Å². The summed E-state index contributed by atoms with van der Waals surface area (Å²) in [6.07, 6.45) is 0.280. The Balaban J connectivity index is 2.04. The van der Waals surface area contributed by atoms with Gasteiger partial charge < -0.3 is 9.52 Å². The minimum absolute atomic E-state index is 0.0599. The third-order valence-corrected chi connectivity index (χ3v) is 3.86. The highest BCUT2D eigenvalue weighted by atomic mass is 32.2. The molecule has 0 aliphatic carbocycles. The SMILES string of the molecule is Cc1ccc(S(=O)(=O)OC[C@@H](O)c2ccco2)cc1. The zero-order valence-corrected chi connectivity index (χ0v) is 11.1. The van der Waals surface area contributed by atoms with E-state index in [1.165, 1.54) is 18.4 Å². The van der Waals surface area contributed by atoms with Crippen LogP contribution < -0.4 is 0 Å². The standard InChI is InChI=1S/C13H14O5S/c1-10-4-6-11(7-5-10)19(15,16)18-9-12(14)13-3-2-8-17-13/h2-8,12,14H,9H2,1H3/t12-/m1/s1. The fourth-order valence-corrected chi connectivity index (χ4v) is 2.40. The monoisotopic (exact) mass is 282 g/mol. The molecule has 0 saturated carbocycles. The Morgan fingerprint density at radius 3 is 2.53 bits per heavy atom. The second-order valence-corrected chi connectivity index (χ2v) is 5.70. The van der Waals surface area contributed by atoms with Crippen LogP contribution in [0.25, 0.3) is 0 Å². The maximum absolute atomic E-state index is 11.9. The van der Waals surface area contributed by atoms with Gasteiger partial charge in [-0.1, -0.05) is 17.7 Å². The molecule has 2 rings (SSSR count). The fraction of sp³-hybridized carbons (Fsp3) is 0.231. The molecule has 5 nitrogen and oxygen atoms in total. The molecule has 1 aromatic carbocycles. The predicted molar refractivity (Wildman–Crippen MR) is 68.0 cm³/mol. The van der Waals surface area contributed by atoms with Gasteiger partial charge in [-0.05, 0) is 31.2 Å². The molecule has 0 saturated heterocycles. The van der Waals surface area contributed by atoms with Crippen LogP contribution in [0.4, 0.5) is 0 Å². The van der Waals surface area contributed by atoms with Gasteiger partial charge in [-0.15, -0.1) is 0 Å². The van der Waals surface area contributed by atoms with Gasteiger partial charge in [0.15, 0.2) is 0 Å². The van der Waals surface area contributed by atoms with E-state index in [1.807, 2.05) is 6.92 Å². The molecule has 102 valence electrons. The summed E-state index contributed by atoms with van der Waals surface area (Å²) in [5, 5.41) is 9.68. The minimum atomic E-state index is -3.86. The number of aliphatic hydroxyl groups is 1. The third kappa shape index (κ3) is 3.44. The van der Waals surface area contributed by atoms with Crippen molar-refractivity contribution in [2.24, 2.45) is 0 Å². The largest absolute Gasteiger partial charge is 0.466 e. The van der Waals surface area contributed by atoms with Crippen molar-refractivity contribution in [1.82, 2.24) is 0 Å². The van der Waals surface area contributed by atoms with E-state index in [0.717, 1.165) is 5.56 Å². The Labute approximate surface area is 111 Å². The molecule has 2 aromatic rings. The molecule has 0 fully saturated rings. The number of aryl methyl sites for hydroxylation is 1. The van der Waals surface area contributed by atoms with Crippen LogP contribution >= 0.6 is 0 Å². The van der Waals surface area contributed by atoms with E-state index in [1.54, 1.807) is 24.3 Å². The smallest absolute Gasteiger partial charge is 0.297 e. The van der Waals surface area contributed by atoms with Crippen LogP contribution in [0, 0.1) is 6.92 Å². The van der Waals surface area contributed by atoms with Gasteiger partial charge in [0.1, 0.15) is 11.9 Å². The van der Waals surface area contributed by atoms with Gasteiger partial charge in [-0.25, -0.2) is 0 Å². The van der Waals surface area contributed by atoms with Gasteiger partial charge in [0.2, 0.25) is 0 Å². The summed E-state index contributed by atoms with van der Waals surface area (Å²) < 4.78 is 33.5. The summed E-state index contributed by atoms with van der Waals surface area (Å²) in [5.74, 6) is 0.263. The van der Waals surface area contributed by atoms with E-state index in [9.17, 15) is 13.5 Å². The van der Waals surface area contributed by atoms with Crippen molar-refractivity contribution in [2.45, 2.75) is 17.9 Å². The number of benzene rings is 1. The van der Waals surface area contributed by atoms with Crippen LogP contribution in [0.5, 0.6) is 0 Å². The molecule has 0 aliphatic heterocycles. The molecule has 0 aliphatic rings. The van der Waals surface area contributed by atoms with E-state index in [2.05, 4.69) is 0 Å². The Kier molecular flexibility index (Phi) is 4.04. The maximum Gasteiger partial charge on any atom is 0.297 e. The molecule has 1 aromatic heterocycles. The zero-order chi connectivity index (χ0) is 13.9. The molecular formula is C13H14O5S. The van der Waals surface area contributed by atoms with E-state index >= 15 is 0 Å². The van der Waals surface area contributed by atoms with Crippen LogP contribution in [0.3, 0.4) is 0 Å². The Morgan fingerprint density at radius 1 is 1.26 bits per heavy atom. The number of hydrogen-bond donors (Lipinski definition) is 1. The molecule has 0 bridgehead atoms. The second kappa shape index (κ2) is 5.56. The summed E-state index contributed by atoms with van der Waals surface area (Å²) >= 11 is 0. The lowest BCUT2D eigenvalue weighted by Gasteiger charge is -2.09. The van der Waals surface area contributed by atoms with E-state index < -0.39 is 16.2 Å². The van der Waals surface area contributed by atoms with Gasteiger partial charge in [-0.3, -0.25) is 4.18 Å². The van der Waals surface area contributed by atoms with Gasteiger partial charge in [0.05, 0.1) is 17.8 Å². The van der Waals surface area contributed by atoms with Crippen molar-refractivity contribution >= 4 is 10.1 Å². The van der Waals surface area contributed by atoms with Crippen LogP contribution in [-0.2, 0) is 14.3 Å². The molecule has 0 radical (unpaired) electrons. The van der Waals surface area contributed by atoms with Crippen molar-refractivity contribution in [3.05, 3.63) is 54.0 Å². The predicted octanol–water partition coefficient (Wildman–Crippen LogP) is 2.03. The third-order valence-electron chi connectivity index (χ3n) is 2.56. The van der Waals surface area contributed by atoms with Crippen molar-refractivity contribution in [1.29, 1.82) is 0 Å². The first kappa shape index (κ1) is 13.8. The Morgan fingerprint density at radius 2 is 1.95 bits per heavy atom. The Bertz CT molecular complexity index is 614. The van der Waals surface area contributed by atoms with Gasteiger partial charge >= 0.3 is 0 Å². The summed E-state index contributed by atoms with van der Waals surface area (Å²) in [6, 6.07) is 9.44. The number of rotatable bonds is 5. The fourth-order valence-electron chi connectivity index (χ4n) is 1.49. The summed E-state index contributed by atoms with van der Waals surface area (Å²) in [4.78, 5) is 0.0599. The highest BCUT2D eigenvalue weighted by Crippen LogP contribution is 2.18. The van der Waals surface area contributed by atoms with Gasteiger partial charge in [0.25, 0.3) is 10.1 Å². The van der Waals surface area contributed by atoms with Crippen LogP contribution in [-0.4, -0.2) is 20.1 Å². The molecule has 0 unspecified atom stereocenters. The second-order valence-electron chi connectivity index (χ2n) is 4.08. The maximum atomic E-state index is 11.9. The first-order valence-electron chi connectivity index (χ1n) is 5.66. The number of furan rings is 1. The molecule has 0 amide bonds. The normalized spacial score (nSPS) is 13.4. The van der Waals surface area contributed by atoms with E-state index in [0.29, 0.717) is 0 Å². The molecular weight excluding hydrogens is 268 g/mol. The van der Waals surface area contributed by atoms with E-state index in [-0.39, 0.29) is 17.3 Å². The minimum Gasteiger partial charge on any atom is -0.466 e. The molecule has 1 heterocycles. The summed E-state index contributed by atoms with van der Waals surface area (Å²) in [5.41, 5.74) is 0.953. The van der Waals surface area contributed by atoms with Crippen molar-refractivity contribution in [3.63, 3.8) is 0 Å². The summed E-state index contributed by atoms with van der Waals surface area (Å²) in [7, 11) is -3.86. The molecule has 1 atom stereocenters. The lowest BCUT2D eigenvalue weighted by molar-refractivity contribution is 0.0917. The lowest BCUT2D eigenvalue weighted by atomic mass is 10.2. The molecule has 19 heavy (non-hydrogen) atoms. The zero-order valence-electron chi connectivity index (χ0n) is 10.3. The number of hydrogen-bond acceptors (Lipinski definition) is 5. The quantitative estimate of drug-likeness (QED) is 0.849. The van der Waals surface area contributed by atoms with E-state index in [4.69, 9.17) is 8.60 Å². The number of aliphatic hydroxyl groups excluding tert-OH is 1. The Hall–Kier alpha value is -1.63. The average molecular weight is 282 g/mol.